The number of hydrogen-bond donors (Lipinski definition) is 3. The van der Waals surface area contributed by atoms with E-state index in [2.05, 4.69) is 12.2 Å². The molecule has 92 valence electrons. The van der Waals surface area contributed by atoms with Gasteiger partial charge >= 0.3 is 0 Å². The van der Waals surface area contributed by atoms with Crippen molar-refractivity contribution < 1.29 is 4.79 Å². The van der Waals surface area contributed by atoms with E-state index in [0.717, 1.165) is 13.0 Å². The molecule has 0 heterocycles. The first-order valence-electron chi connectivity index (χ1n) is 6.00. The van der Waals surface area contributed by atoms with Gasteiger partial charge in [0.15, 0.2) is 0 Å². The molecule has 1 aromatic rings. The zero-order chi connectivity index (χ0) is 12.5. The molecule has 5 N–H and O–H groups in total. The molecule has 0 unspecified atom stereocenters. The number of benzene rings is 1. The van der Waals surface area contributed by atoms with Crippen molar-refractivity contribution in [2.45, 2.75) is 26.2 Å². The van der Waals surface area contributed by atoms with Crippen LogP contribution in [0.3, 0.4) is 0 Å². The van der Waals surface area contributed by atoms with E-state index in [1.165, 1.54) is 12.8 Å². The van der Waals surface area contributed by atoms with Crippen LogP contribution >= 0.6 is 0 Å². The number of hydrogen-bond acceptors (Lipinski definition) is 3. The summed E-state index contributed by atoms with van der Waals surface area (Å²) in [4.78, 5) is 11.3. The molecule has 0 bridgehead atoms. The summed E-state index contributed by atoms with van der Waals surface area (Å²) in [6.45, 7) is 3.05. The van der Waals surface area contributed by atoms with Crippen LogP contribution in [0.5, 0.6) is 0 Å². The summed E-state index contributed by atoms with van der Waals surface area (Å²) in [6, 6.07) is 5.22. The van der Waals surface area contributed by atoms with Crippen molar-refractivity contribution in [1.82, 2.24) is 0 Å². The van der Waals surface area contributed by atoms with E-state index in [1.807, 2.05) is 0 Å². The summed E-state index contributed by atoms with van der Waals surface area (Å²) < 4.78 is 0. The molecule has 2 rings (SSSR count). The van der Waals surface area contributed by atoms with E-state index < -0.39 is 5.91 Å². The minimum Gasteiger partial charge on any atom is -0.397 e. The van der Waals surface area contributed by atoms with E-state index in [4.69, 9.17) is 11.5 Å². The molecule has 0 saturated heterocycles. The molecule has 1 aliphatic carbocycles. The van der Waals surface area contributed by atoms with E-state index >= 15 is 0 Å². The average molecular weight is 233 g/mol. The maximum absolute atomic E-state index is 11.3. The van der Waals surface area contributed by atoms with Crippen LogP contribution in [-0.4, -0.2) is 12.5 Å². The van der Waals surface area contributed by atoms with Crippen LogP contribution in [0.1, 0.15) is 36.5 Å². The highest BCUT2D eigenvalue weighted by molar-refractivity contribution is 6.01. The molecular formula is C13H19N3O. The minimum atomic E-state index is -0.443. The molecule has 4 nitrogen and oxygen atoms in total. The monoisotopic (exact) mass is 233 g/mol. The summed E-state index contributed by atoms with van der Waals surface area (Å²) >= 11 is 0. The fourth-order valence-corrected chi connectivity index (χ4v) is 2.08. The van der Waals surface area contributed by atoms with Crippen molar-refractivity contribution in [2.75, 3.05) is 17.6 Å². The van der Waals surface area contributed by atoms with Gasteiger partial charge in [0.1, 0.15) is 0 Å². The van der Waals surface area contributed by atoms with E-state index in [-0.39, 0.29) is 0 Å². The van der Waals surface area contributed by atoms with Gasteiger partial charge in [0, 0.05) is 6.54 Å². The Labute approximate surface area is 101 Å². The van der Waals surface area contributed by atoms with Gasteiger partial charge in [-0.1, -0.05) is 13.0 Å². The SMILES string of the molecule is CCC1(CNc2c(N)cccc2C(N)=O)CC1. The topological polar surface area (TPSA) is 81.1 Å². The third kappa shape index (κ3) is 2.35. The maximum atomic E-state index is 11.3. The van der Waals surface area contributed by atoms with Gasteiger partial charge in [0.25, 0.3) is 5.91 Å². The van der Waals surface area contributed by atoms with Gasteiger partial charge in [-0.2, -0.15) is 0 Å². The lowest BCUT2D eigenvalue weighted by Gasteiger charge is -2.17. The van der Waals surface area contributed by atoms with Crippen LogP contribution in [-0.2, 0) is 0 Å². The predicted molar refractivity (Wildman–Crippen MR) is 69.8 cm³/mol. The Morgan fingerprint density at radius 2 is 2.18 bits per heavy atom. The number of amides is 1. The second-order valence-electron chi connectivity index (χ2n) is 4.84. The van der Waals surface area contributed by atoms with Gasteiger partial charge in [-0.05, 0) is 36.8 Å². The molecule has 1 aliphatic rings. The van der Waals surface area contributed by atoms with E-state index in [1.54, 1.807) is 18.2 Å². The molecular weight excluding hydrogens is 214 g/mol. The van der Waals surface area contributed by atoms with Crippen LogP contribution in [0.2, 0.25) is 0 Å². The summed E-state index contributed by atoms with van der Waals surface area (Å²) in [5.74, 6) is -0.443. The molecule has 0 aliphatic heterocycles. The summed E-state index contributed by atoms with van der Waals surface area (Å²) in [5.41, 5.74) is 13.3. The first-order chi connectivity index (χ1) is 8.08. The number of carbonyl (C=O) groups excluding carboxylic acids is 1. The number of para-hydroxylation sites is 1. The molecule has 0 radical (unpaired) electrons. The number of rotatable bonds is 5. The predicted octanol–water partition coefficient (Wildman–Crippen LogP) is 1.97. The molecule has 17 heavy (non-hydrogen) atoms. The number of nitrogen functional groups attached to an aromatic ring is 1. The van der Waals surface area contributed by atoms with Crippen LogP contribution in [0.15, 0.2) is 18.2 Å². The summed E-state index contributed by atoms with van der Waals surface area (Å²) in [6.07, 6.45) is 3.64. The molecule has 0 atom stereocenters. The Bertz CT molecular complexity index is 438. The van der Waals surface area contributed by atoms with Crippen molar-refractivity contribution in [2.24, 2.45) is 11.1 Å². The van der Waals surface area contributed by atoms with Gasteiger partial charge in [-0.3, -0.25) is 4.79 Å². The molecule has 0 aromatic heterocycles. The number of nitrogens with one attached hydrogen (secondary N) is 1. The van der Waals surface area contributed by atoms with Crippen molar-refractivity contribution in [3.63, 3.8) is 0 Å². The third-order valence-corrected chi connectivity index (χ3v) is 3.71. The highest BCUT2D eigenvalue weighted by atomic mass is 16.1. The van der Waals surface area contributed by atoms with Crippen LogP contribution in [0.25, 0.3) is 0 Å². The molecule has 1 fully saturated rings. The average Bonchev–Trinajstić information content (AvgIpc) is 3.08. The second kappa shape index (κ2) is 4.28. The second-order valence-corrected chi connectivity index (χ2v) is 4.84. The maximum Gasteiger partial charge on any atom is 0.250 e. The highest BCUT2D eigenvalue weighted by Crippen LogP contribution is 2.48. The van der Waals surface area contributed by atoms with Crippen molar-refractivity contribution in [3.8, 4) is 0 Å². The molecule has 0 spiro atoms. The Morgan fingerprint density at radius 1 is 1.47 bits per heavy atom. The van der Waals surface area contributed by atoms with Gasteiger partial charge in [0.05, 0.1) is 16.9 Å². The fourth-order valence-electron chi connectivity index (χ4n) is 2.08. The largest absolute Gasteiger partial charge is 0.397 e. The van der Waals surface area contributed by atoms with Gasteiger partial charge in [-0.25, -0.2) is 0 Å². The zero-order valence-electron chi connectivity index (χ0n) is 10.1. The van der Waals surface area contributed by atoms with Gasteiger partial charge in [0.2, 0.25) is 0 Å². The minimum absolute atomic E-state index is 0.400. The first-order valence-corrected chi connectivity index (χ1v) is 6.00. The van der Waals surface area contributed by atoms with E-state index in [9.17, 15) is 4.79 Å². The Morgan fingerprint density at radius 3 is 2.71 bits per heavy atom. The molecule has 1 aromatic carbocycles. The fraction of sp³-hybridized carbons (Fsp3) is 0.462. The van der Waals surface area contributed by atoms with Crippen LogP contribution < -0.4 is 16.8 Å². The van der Waals surface area contributed by atoms with Gasteiger partial charge < -0.3 is 16.8 Å². The van der Waals surface area contributed by atoms with Crippen molar-refractivity contribution >= 4 is 17.3 Å². The Kier molecular flexibility index (Phi) is 2.96. The Balaban J connectivity index is 2.17. The lowest BCUT2D eigenvalue weighted by atomic mass is 10.0. The number of carbonyl (C=O) groups is 1. The Hall–Kier alpha value is -1.71. The van der Waals surface area contributed by atoms with Crippen molar-refractivity contribution in [1.29, 1.82) is 0 Å². The molecule has 1 saturated carbocycles. The third-order valence-electron chi connectivity index (χ3n) is 3.71. The standard InChI is InChI=1S/C13H19N3O/c1-2-13(6-7-13)8-16-11-9(12(15)17)4-3-5-10(11)14/h3-5,16H,2,6-8,14H2,1H3,(H2,15,17). The number of nitrogens with two attached hydrogens (primary N) is 2. The molecule has 4 heteroatoms. The normalized spacial score (nSPS) is 16.5. The zero-order valence-corrected chi connectivity index (χ0v) is 10.1. The van der Waals surface area contributed by atoms with Crippen molar-refractivity contribution in [3.05, 3.63) is 23.8 Å². The number of anilines is 2. The van der Waals surface area contributed by atoms with Crippen LogP contribution in [0, 0.1) is 5.41 Å². The van der Waals surface area contributed by atoms with Crippen LogP contribution in [0.4, 0.5) is 11.4 Å². The summed E-state index contributed by atoms with van der Waals surface area (Å²) in [5, 5.41) is 3.29. The number of primary amides is 1. The lowest BCUT2D eigenvalue weighted by Crippen LogP contribution is -2.20. The molecule has 1 amide bonds. The smallest absolute Gasteiger partial charge is 0.250 e. The van der Waals surface area contributed by atoms with Gasteiger partial charge in [-0.15, -0.1) is 0 Å². The highest BCUT2D eigenvalue weighted by Gasteiger charge is 2.40. The van der Waals surface area contributed by atoms with E-state index in [0.29, 0.717) is 22.4 Å². The first kappa shape index (κ1) is 11.8. The quantitative estimate of drug-likeness (QED) is 0.680. The summed E-state index contributed by atoms with van der Waals surface area (Å²) in [7, 11) is 0. The lowest BCUT2D eigenvalue weighted by molar-refractivity contribution is 0.100.